The minimum absolute atomic E-state index is 1.09. The lowest BCUT2D eigenvalue weighted by Crippen LogP contribution is -1.81. The van der Waals surface area contributed by atoms with Gasteiger partial charge in [-0.15, -0.1) is 0 Å². The van der Waals surface area contributed by atoms with Gasteiger partial charge in [0.1, 0.15) is 0 Å². The van der Waals surface area contributed by atoms with Crippen molar-refractivity contribution < 1.29 is 0 Å². The van der Waals surface area contributed by atoms with E-state index in [1.165, 1.54) is 16.7 Å². The highest BCUT2D eigenvalue weighted by Crippen LogP contribution is 2.12. The van der Waals surface area contributed by atoms with Crippen LogP contribution in [0.5, 0.6) is 0 Å². The minimum Gasteiger partial charge on any atom is -0.0848 e. The van der Waals surface area contributed by atoms with E-state index in [2.05, 4.69) is 63.3 Å². The summed E-state index contributed by atoms with van der Waals surface area (Å²) in [5.74, 6) is 0. The Morgan fingerprint density at radius 2 is 1.93 bits per heavy atom. The van der Waals surface area contributed by atoms with Gasteiger partial charge in [-0.3, -0.25) is 0 Å². The number of aryl methyl sites for hydroxylation is 2. The Labute approximate surface area is 87.0 Å². The van der Waals surface area contributed by atoms with E-state index in [1.807, 2.05) is 0 Å². The van der Waals surface area contributed by atoms with Crippen LogP contribution >= 0.6 is 0 Å². The monoisotopic (exact) mass is 186 g/mol. The summed E-state index contributed by atoms with van der Waals surface area (Å²) in [5.41, 5.74) is 3.96. The molecule has 0 spiro atoms. The van der Waals surface area contributed by atoms with E-state index in [0.29, 0.717) is 0 Å². The Balaban J connectivity index is 2.80. The smallest absolute Gasteiger partial charge is 0.0225 e. The molecule has 0 radical (unpaired) electrons. The van der Waals surface area contributed by atoms with Crippen LogP contribution in [0, 0.1) is 13.8 Å². The fourth-order valence-electron chi connectivity index (χ4n) is 1.31. The minimum atomic E-state index is 1.09. The van der Waals surface area contributed by atoms with Gasteiger partial charge in [0.25, 0.3) is 0 Å². The zero-order valence-corrected chi connectivity index (χ0v) is 9.25. The molecule has 1 aromatic carbocycles. The van der Waals surface area contributed by atoms with Crippen LogP contribution in [0.4, 0.5) is 0 Å². The zero-order valence-electron chi connectivity index (χ0n) is 9.25. The van der Waals surface area contributed by atoms with Crippen molar-refractivity contribution in [3.8, 4) is 0 Å². The zero-order chi connectivity index (χ0) is 10.4. The third-order valence-corrected chi connectivity index (χ3v) is 2.19. The van der Waals surface area contributed by atoms with Crippen molar-refractivity contribution in [2.24, 2.45) is 0 Å². The molecule has 0 unspecified atom stereocenters. The number of hydrogen-bond donors (Lipinski definition) is 0. The molecule has 1 aromatic rings. The highest BCUT2D eigenvalue weighted by molar-refractivity contribution is 5.55. The van der Waals surface area contributed by atoms with E-state index in [4.69, 9.17) is 0 Å². The number of hydrogen-bond acceptors (Lipinski definition) is 0. The third-order valence-electron chi connectivity index (χ3n) is 2.19. The average molecular weight is 186 g/mol. The van der Waals surface area contributed by atoms with Gasteiger partial charge in [-0.1, -0.05) is 55.0 Å². The molecule has 0 N–H and O–H groups in total. The second-order valence-corrected chi connectivity index (χ2v) is 3.56. The van der Waals surface area contributed by atoms with Gasteiger partial charge < -0.3 is 0 Å². The molecule has 0 saturated carbocycles. The molecule has 0 fully saturated rings. The molecule has 0 aliphatic carbocycles. The molecular formula is C14H18. The van der Waals surface area contributed by atoms with Crippen molar-refractivity contribution in [3.63, 3.8) is 0 Å². The van der Waals surface area contributed by atoms with Crippen molar-refractivity contribution in [1.82, 2.24) is 0 Å². The molecule has 0 heterocycles. The molecule has 0 atom stereocenters. The van der Waals surface area contributed by atoms with Crippen LogP contribution in [0.2, 0.25) is 0 Å². The SMILES string of the molecule is CC/C=C/C=C\c1cc(C)ccc1C. The first kappa shape index (κ1) is 10.8. The summed E-state index contributed by atoms with van der Waals surface area (Å²) < 4.78 is 0. The van der Waals surface area contributed by atoms with Crippen LogP contribution in [-0.4, -0.2) is 0 Å². The summed E-state index contributed by atoms with van der Waals surface area (Å²) >= 11 is 0. The van der Waals surface area contributed by atoms with Crippen LogP contribution < -0.4 is 0 Å². The Bertz CT molecular complexity index is 343. The molecular weight excluding hydrogens is 168 g/mol. The average Bonchev–Trinajstić information content (AvgIpc) is 2.18. The summed E-state index contributed by atoms with van der Waals surface area (Å²) in [7, 11) is 0. The maximum Gasteiger partial charge on any atom is -0.0225 e. The molecule has 1 rings (SSSR count). The Morgan fingerprint density at radius 1 is 1.14 bits per heavy atom. The highest BCUT2D eigenvalue weighted by atomic mass is 14.0. The second-order valence-electron chi connectivity index (χ2n) is 3.56. The Hall–Kier alpha value is -1.30. The predicted octanol–water partition coefficient (Wildman–Crippen LogP) is 4.28. The first-order chi connectivity index (χ1) is 6.74. The van der Waals surface area contributed by atoms with Gasteiger partial charge in [0.05, 0.1) is 0 Å². The van der Waals surface area contributed by atoms with E-state index in [9.17, 15) is 0 Å². The van der Waals surface area contributed by atoms with Crippen molar-refractivity contribution in [2.75, 3.05) is 0 Å². The second kappa shape index (κ2) is 5.43. The molecule has 0 saturated heterocycles. The molecule has 74 valence electrons. The topological polar surface area (TPSA) is 0 Å². The molecule has 0 bridgehead atoms. The first-order valence-electron chi connectivity index (χ1n) is 5.14. The number of rotatable bonds is 3. The standard InChI is InChI=1S/C14H18/c1-4-5-6-7-8-14-11-12(2)9-10-13(14)3/h5-11H,4H2,1-3H3/b6-5+,8-7-. The Kier molecular flexibility index (Phi) is 4.18. The summed E-state index contributed by atoms with van der Waals surface area (Å²) in [5, 5.41) is 0. The van der Waals surface area contributed by atoms with E-state index in [-0.39, 0.29) is 0 Å². The highest BCUT2D eigenvalue weighted by Gasteiger charge is 1.92. The molecule has 0 aromatic heterocycles. The van der Waals surface area contributed by atoms with E-state index < -0.39 is 0 Å². The number of benzene rings is 1. The van der Waals surface area contributed by atoms with Crippen LogP contribution in [0.25, 0.3) is 6.08 Å². The first-order valence-corrected chi connectivity index (χ1v) is 5.14. The Morgan fingerprint density at radius 3 is 2.64 bits per heavy atom. The van der Waals surface area contributed by atoms with Gasteiger partial charge in [-0.2, -0.15) is 0 Å². The lowest BCUT2D eigenvalue weighted by Gasteiger charge is -2.00. The normalized spacial score (nSPS) is 11.6. The number of allylic oxidation sites excluding steroid dienone is 3. The van der Waals surface area contributed by atoms with Gasteiger partial charge in [0.2, 0.25) is 0 Å². The molecule has 0 amide bonds. The molecule has 0 nitrogen and oxygen atoms in total. The van der Waals surface area contributed by atoms with Gasteiger partial charge in [0.15, 0.2) is 0 Å². The van der Waals surface area contributed by atoms with E-state index in [1.54, 1.807) is 0 Å². The van der Waals surface area contributed by atoms with E-state index >= 15 is 0 Å². The van der Waals surface area contributed by atoms with Crippen LogP contribution in [0.3, 0.4) is 0 Å². The third kappa shape index (κ3) is 3.21. The van der Waals surface area contributed by atoms with Gasteiger partial charge in [-0.25, -0.2) is 0 Å². The lowest BCUT2D eigenvalue weighted by atomic mass is 10.1. The lowest BCUT2D eigenvalue weighted by molar-refractivity contribution is 1.22. The fraction of sp³-hybridized carbons (Fsp3) is 0.286. The summed E-state index contributed by atoms with van der Waals surface area (Å²) in [4.78, 5) is 0. The van der Waals surface area contributed by atoms with E-state index in [0.717, 1.165) is 6.42 Å². The van der Waals surface area contributed by atoms with Crippen molar-refractivity contribution in [1.29, 1.82) is 0 Å². The van der Waals surface area contributed by atoms with Crippen LogP contribution in [0.1, 0.15) is 30.0 Å². The largest absolute Gasteiger partial charge is 0.0848 e. The van der Waals surface area contributed by atoms with Gasteiger partial charge >= 0.3 is 0 Å². The van der Waals surface area contributed by atoms with Crippen LogP contribution in [-0.2, 0) is 0 Å². The maximum absolute atomic E-state index is 2.21. The quantitative estimate of drug-likeness (QED) is 0.618. The molecule has 0 aliphatic rings. The maximum atomic E-state index is 2.21. The summed E-state index contributed by atoms with van der Waals surface area (Å²) in [6, 6.07) is 6.53. The summed E-state index contributed by atoms with van der Waals surface area (Å²) in [6.45, 7) is 6.41. The molecule has 14 heavy (non-hydrogen) atoms. The predicted molar refractivity (Wildman–Crippen MR) is 64.4 cm³/mol. The van der Waals surface area contributed by atoms with Gasteiger partial charge in [0, 0.05) is 0 Å². The van der Waals surface area contributed by atoms with Crippen molar-refractivity contribution >= 4 is 6.08 Å². The van der Waals surface area contributed by atoms with Crippen molar-refractivity contribution in [3.05, 3.63) is 53.1 Å². The fourth-order valence-corrected chi connectivity index (χ4v) is 1.31. The van der Waals surface area contributed by atoms with Gasteiger partial charge in [-0.05, 0) is 31.4 Å². The summed E-state index contributed by atoms with van der Waals surface area (Å²) in [6.07, 6.45) is 9.61. The molecule has 0 aliphatic heterocycles. The molecule has 0 heteroatoms. The van der Waals surface area contributed by atoms with Crippen LogP contribution in [0.15, 0.2) is 36.4 Å². The van der Waals surface area contributed by atoms with Crippen molar-refractivity contribution in [2.45, 2.75) is 27.2 Å².